The number of anilines is 1. The zero-order valence-electron chi connectivity index (χ0n) is 11.2. The molecular formula is C15H15F2N3O. The highest BCUT2D eigenvalue weighted by molar-refractivity contribution is 6.04. The summed E-state index contributed by atoms with van der Waals surface area (Å²) in [4.78, 5) is 12.0. The Morgan fingerprint density at radius 3 is 2.62 bits per heavy atom. The molecule has 0 atom stereocenters. The van der Waals surface area contributed by atoms with Crippen molar-refractivity contribution in [3.8, 4) is 0 Å². The number of nitrogens with zero attached hydrogens (tertiary/aromatic N) is 1. The van der Waals surface area contributed by atoms with E-state index in [1.54, 1.807) is 23.0 Å². The molecular weight excluding hydrogens is 276 g/mol. The predicted molar refractivity (Wildman–Crippen MR) is 77.0 cm³/mol. The maximum Gasteiger partial charge on any atom is 0.257 e. The van der Waals surface area contributed by atoms with E-state index < -0.39 is 0 Å². The van der Waals surface area contributed by atoms with E-state index in [0.717, 1.165) is 0 Å². The second-order valence-electron chi connectivity index (χ2n) is 4.51. The normalized spacial score (nSPS) is 11.5. The quantitative estimate of drug-likeness (QED) is 0.889. The van der Waals surface area contributed by atoms with E-state index in [0.29, 0.717) is 23.2 Å². The highest BCUT2D eigenvalue weighted by atomic mass is 19.1. The molecule has 6 heteroatoms. The minimum Gasteiger partial charge on any atom is -0.349 e. The molecule has 4 nitrogen and oxygen atoms in total. The average molecular weight is 291 g/mol. The van der Waals surface area contributed by atoms with Gasteiger partial charge in [0.25, 0.3) is 5.91 Å². The topological polar surface area (TPSA) is 60.0 Å². The summed E-state index contributed by atoms with van der Waals surface area (Å²) in [5.41, 5.74) is 6.73. The van der Waals surface area contributed by atoms with Gasteiger partial charge < -0.3 is 15.6 Å². The molecule has 2 rings (SSSR count). The van der Waals surface area contributed by atoms with Gasteiger partial charge in [-0.25, -0.2) is 8.78 Å². The molecule has 0 aliphatic carbocycles. The molecule has 3 N–H and O–H groups in total. The van der Waals surface area contributed by atoms with Crippen LogP contribution in [0, 0.1) is 5.82 Å². The second kappa shape index (κ2) is 6.81. The van der Waals surface area contributed by atoms with Crippen LogP contribution in [0.3, 0.4) is 0 Å². The Morgan fingerprint density at radius 2 is 2.00 bits per heavy atom. The summed E-state index contributed by atoms with van der Waals surface area (Å²) in [6, 6.07) is 7.09. The summed E-state index contributed by atoms with van der Waals surface area (Å²) in [7, 11) is 0. The summed E-state index contributed by atoms with van der Waals surface area (Å²) in [5.74, 6) is -0.689. The highest BCUT2D eigenvalue weighted by Crippen LogP contribution is 2.11. The first-order valence-corrected chi connectivity index (χ1v) is 6.33. The fourth-order valence-electron chi connectivity index (χ4n) is 1.79. The number of carbonyl (C=O) groups excluding carboxylic acids is 1. The van der Waals surface area contributed by atoms with Gasteiger partial charge in [-0.15, -0.1) is 0 Å². The minimum absolute atomic E-state index is 0.117. The van der Waals surface area contributed by atoms with Gasteiger partial charge in [0.2, 0.25) is 0 Å². The molecule has 1 aromatic heterocycles. The smallest absolute Gasteiger partial charge is 0.257 e. The molecule has 0 saturated heterocycles. The Kier molecular flexibility index (Phi) is 4.84. The molecule has 0 fully saturated rings. The van der Waals surface area contributed by atoms with E-state index >= 15 is 0 Å². The van der Waals surface area contributed by atoms with Gasteiger partial charge in [0.1, 0.15) is 5.82 Å². The standard InChI is InChI=1S/C15H15F2N3O/c16-7-11(8-18)9-20-6-5-12(10-20)15(21)19-14-3-1-13(17)2-4-14/h1-7,10H,8-9,18H2,(H,19,21)/b11-7+. The maximum absolute atomic E-state index is 12.8. The lowest BCUT2D eigenvalue weighted by atomic mass is 10.2. The van der Waals surface area contributed by atoms with E-state index in [1.165, 1.54) is 24.3 Å². The summed E-state index contributed by atoms with van der Waals surface area (Å²) in [6.45, 7) is 0.405. The van der Waals surface area contributed by atoms with Crippen LogP contribution in [0.5, 0.6) is 0 Å². The van der Waals surface area contributed by atoms with E-state index in [1.807, 2.05) is 0 Å². The molecule has 1 heterocycles. The van der Waals surface area contributed by atoms with Gasteiger partial charge in [0.15, 0.2) is 0 Å². The molecule has 0 saturated carbocycles. The predicted octanol–water partition coefficient (Wildman–Crippen LogP) is 2.69. The molecule has 0 radical (unpaired) electrons. The average Bonchev–Trinajstić information content (AvgIpc) is 2.96. The Labute approximate surface area is 120 Å². The zero-order valence-corrected chi connectivity index (χ0v) is 11.2. The van der Waals surface area contributed by atoms with Gasteiger partial charge >= 0.3 is 0 Å². The van der Waals surface area contributed by atoms with Crippen molar-refractivity contribution in [3.05, 3.63) is 66.0 Å². The minimum atomic E-state index is -0.369. The van der Waals surface area contributed by atoms with Gasteiger partial charge in [-0.05, 0) is 35.9 Å². The second-order valence-corrected chi connectivity index (χ2v) is 4.51. The highest BCUT2D eigenvalue weighted by Gasteiger charge is 2.08. The monoisotopic (exact) mass is 291 g/mol. The van der Waals surface area contributed by atoms with Crippen LogP contribution in [0.15, 0.2) is 54.6 Å². The Morgan fingerprint density at radius 1 is 1.29 bits per heavy atom. The molecule has 0 spiro atoms. The number of amides is 1. The molecule has 0 bridgehead atoms. The van der Waals surface area contributed by atoms with E-state index in [4.69, 9.17) is 5.73 Å². The first kappa shape index (κ1) is 14.9. The number of aromatic nitrogens is 1. The van der Waals surface area contributed by atoms with Crippen LogP contribution in [0.4, 0.5) is 14.5 Å². The van der Waals surface area contributed by atoms with Crippen LogP contribution < -0.4 is 11.1 Å². The molecule has 110 valence electrons. The number of benzene rings is 1. The van der Waals surface area contributed by atoms with E-state index in [2.05, 4.69) is 5.32 Å². The molecule has 0 unspecified atom stereocenters. The first-order chi connectivity index (χ1) is 10.1. The van der Waals surface area contributed by atoms with Gasteiger partial charge in [-0.1, -0.05) is 0 Å². The lowest BCUT2D eigenvalue weighted by molar-refractivity contribution is 0.102. The molecule has 2 aromatic rings. The van der Waals surface area contributed by atoms with Gasteiger partial charge in [-0.2, -0.15) is 0 Å². The maximum atomic E-state index is 12.8. The Bertz CT molecular complexity index is 647. The largest absolute Gasteiger partial charge is 0.349 e. The number of rotatable bonds is 5. The summed E-state index contributed by atoms with van der Waals surface area (Å²) in [6.07, 6.45) is 3.73. The Hall–Kier alpha value is -2.47. The van der Waals surface area contributed by atoms with Crippen molar-refractivity contribution >= 4 is 11.6 Å². The number of carbonyl (C=O) groups is 1. The summed E-state index contributed by atoms with van der Waals surface area (Å²) in [5, 5.41) is 2.65. The number of halogens is 2. The summed E-state index contributed by atoms with van der Waals surface area (Å²) < 4.78 is 26.9. The van der Waals surface area contributed by atoms with Crippen molar-refractivity contribution in [2.75, 3.05) is 11.9 Å². The number of hydrogen-bond donors (Lipinski definition) is 2. The molecule has 1 aromatic carbocycles. The lowest BCUT2D eigenvalue weighted by Crippen LogP contribution is -2.12. The fourth-order valence-corrected chi connectivity index (χ4v) is 1.79. The van der Waals surface area contributed by atoms with Crippen molar-refractivity contribution < 1.29 is 13.6 Å². The third kappa shape index (κ3) is 4.00. The van der Waals surface area contributed by atoms with Crippen LogP contribution in [0.1, 0.15) is 10.4 Å². The van der Waals surface area contributed by atoms with E-state index in [-0.39, 0.29) is 24.8 Å². The summed E-state index contributed by atoms with van der Waals surface area (Å²) >= 11 is 0. The first-order valence-electron chi connectivity index (χ1n) is 6.33. The fraction of sp³-hybridized carbons (Fsp3) is 0.133. The lowest BCUT2D eigenvalue weighted by Gasteiger charge is -2.05. The van der Waals surface area contributed by atoms with Gasteiger partial charge in [0.05, 0.1) is 11.9 Å². The van der Waals surface area contributed by atoms with Crippen molar-refractivity contribution in [2.24, 2.45) is 5.73 Å². The van der Waals surface area contributed by atoms with Crippen LogP contribution >= 0.6 is 0 Å². The van der Waals surface area contributed by atoms with Crippen LogP contribution in [0.2, 0.25) is 0 Å². The molecule has 0 aliphatic heterocycles. The number of hydrogen-bond acceptors (Lipinski definition) is 2. The molecule has 0 aliphatic rings. The third-order valence-corrected chi connectivity index (χ3v) is 2.92. The van der Waals surface area contributed by atoms with E-state index in [9.17, 15) is 13.6 Å². The zero-order chi connectivity index (χ0) is 15.2. The van der Waals surface area contributed by atoms with Crippen LogP contribution in [-0.2, 0) is 6.54 Å². The van der Waals surface area contributed by atoms with Crippen molar-refractivity contribution in [3.63, 3.8) is 0 Å². The third-order valence-electron chi connectivity index (χ3n) is 2.92. The van der Waals surface area contributed by atoms with Gasteiger partial charge in [-0.3, -0.25) is 4.79 Å². The Balaban J connectivity index is 2.03. The number of nitrogens with two attached hydrogens (primary N) is 1. The van der Waals surface area contributed by atoms with Crippen molar-refractivity contribution in [1.29, 1.82) is 0 Å². The number of nitrogens with one attached hydrogen (secondary N) is 1. The van der Waals surface area contributed by atoms with Crippen LogP contribution in [0.25, 0.3) is 0 Å². The van der Waals surface area contributed by atoms with Gasteiger partial charge in [0, 0.05) is 31.2 Å². The molecule has 1 amide bonds. The van der Waals surface area contributed by atoms with Crippen LogP contribution in [-0.4, -0.2) is 17.0 Å². The van der Waals surface area contributed by atoms with Crippen molar-refractivity contribution in [2.45, 2.75) is 6.54 Å². The molecule has 21 heavy (non-hydrogen) atoms. The SMILES string of the molecule is NC/C(=C\F)Cn1ccc(C(=O)Nc2ccc(F)cc2)c1. The van der Waals surface area contributed by atoms with Crippen molar-refractivity contribution in [1.82, 2.24) is 4.57 Å².